The molecule has 5 rings (SSSR count). The number of ketones is 1. The summed E-state index contributed by atoms with van der Waals surface area (Å²) in [6.07, 6.45) is -1.04. The highest BCUT2D eigenvalue weighted by molar-refractivity contribution is 6.23. The van der Waals surface area contributed by atoms with Crippen LogP contribution < -0.4 is 0 Å². The molecule has 0 amide bonds. The molecular weight excluding hydrogens is 326 g/mol. The van der Waals surface area contributed by atoms with E-state index in [1.807, 2.05) is 60.7 Å². The van der Waals surface area contributed by atoms with Crippen LogP contribution in [0.3, 0.4) is 0 Å². The number of nitrogens with zero attached hydrogens (tertiary/aromatic N) is 1. The fourth-order valence-electron chi connectivity index (χ4n) is 3.85. The molecule has 0 aliphatic heterocycles. The van der Waals surface area contributed by atoms with Crippen molar-refractivity contribution in [3.05, 3.63) is 83.9 Å². The van der Waals surface area contributed by atoms with Crippen molar-refractivity contribution in [1.82, 2.24) is 4.57 Å². The van der Waals surface area contributed by atoms with Gasteiger partial charge in [-0.2, -0.15) is 0 Å². The van der Waals surface area contributed by atoms with Gasteiger partial charge in [0, 0.05) is 27.6 Å². The van der Waals surface area contributed by atoms with E-state index >= 15 is 0 Å². The Morgan fingerprint density at radius 1 is 0.769 bits per heavy atom. The number of rotatable bonds is 1. The summed E-state index contributed by atoms with van der Waals surface area (Å²) in [5.74, 6) is -0.0181. The molecule has 124 valence electrons. The van der Waals surface area contributed by atoms with Crippen molar-refractivity contribution in [2.24, 2.45) is 0 Å². The number of carboxylic acid groups (broad SMARTS) is 1. The molecular formula is C22H13NO3. The second kappa shape index (κ2) is 5.17. The Kier molecular flexibility index (Phi) is 2.91. The van der Waals surface area contributed by atoms with Gasteiger partial charge in [-0.1, -0.05) is 60.7 Å². The first-order valence-electron chi connectivity index (χ1n) is 8.28. The van der Waals surface area contributed by atoms with Gasteiger partial charge in [0.25, 0.3) is 0 Å². The molecule has 4 heteroatoms. The molecule has 1 aliphatic carbocycles. The molecule has 0 atom stereocenters. The number of para-hydroxylation sites is 1. The maximum Gasteiger partial charge on any atom is 0.416 e. The average Bonchev–Trinajstić information content (AvgIpc) is 3.19. The van der Waals surface area contributed by atoms with Gasteiger partial charge in [0.05, 0.1) is 11.2 Å². The third-order valence-electron chi connectivity index (χ3n) is 4.93. The van der Waals surface area contributed by atoms with E-state index < -0.39 is 6.09 Å². The summed E-state index contributed by atoms with van der Waals surface area (Å²) >= 11 is 0. The summed E-state index contributed by atoms with van der Waals surface area (Å²) in [4.78, 5) is 24.7. The van der Waals surface area contributed by atoms with Crippen LogP contribution in [-0.2, 0) is 0 Å². The fourth-order valence-corrected chi connectivity index (χ4v) is 3.85. The van der Waals surface area contributed by atoms with Crippen molar-refractivity contribution in [3.8, 4) is 22.4 Å². The normalized spacial score (nSPS) is 12.2. The number of aromatic nitrogens is 1. The number of benzene rings is 3. The lowest BCUT2D eigenvalue weighted by atomic mass is 9.97. The molecule has 4 nitrogen and oxygen atoms in total. The molecule has 1 heterocycles. The molecule has 0 unspecified atom stereocenters. The number of hydrogen-bond acceptors (Lipinski definition) is 2. The first-order valence-corrected chi connectivity index (χ1v) is 8.28. The Balaban J connectivity index is 1.89. The third-order valence-corrected chi connectivity index (χ3v) is 4.93. The summed E-state index contributed by atoms with van der Waals surface area (Å²) in [6.45, 7) is 0. The largest absolute Gasteiger partial charge is 0.464 e. The van der Waals surface area contributed by atoms with E-state index in [1.54, 1.807) is 12.1 Å². The van der Waals surface area contributed by atoms with Gasteiger partial charge in [-0.3, -0.25) is 4.79 Å². The molecule has 26 heavy (non-hydrogen) atoms. The molecule has 0 spiro atoms. The average molecular weight is 339 g/mol. The minimum atomic E-state index is -1.04. The van der Waals surface area contributed by atoms with E-state index in [0.717, 1.165) is 22.1 Å². The fraction of sp³-hybridized carbons (Fsp3) is 0. The first kappa shape index (κ1) is 14.7. The third kappa shape index (κ3) is 1.84. The smallest absolute Gasteiger partial charge is 0.416 e. The predicted octanol–water partition coefficient (Wildman–Crippen LogP) is 5.05. The van der Waals surface area contributed by atoms with Crippen LogP contribution in [0, 0.1) is 0 Å². The van der Waals surface area contributed by atoms with Crippen molar-refractivity contribution in [1.29, 1.82) is 0 Å². The molecule has 0 radical (unpaired) electrons. The highest BCUT2D eigenvalue weighted by atomic mass is 16.4. The second-order valence-corrected chi connectivity index (χ2v) is 6.31. The predicted molar refractivity (Wildman–Crippen MR) is 99.7 cm³/mol. The van der Waals surface area contributed by atoms with Gasteiger partial charge in [-0.15, -0.1) is 0 Å². The zero-order valence-corrected chi connectivity index (χ0v) is 13.6. The lowest BCUT2D eigenvalue weighted by molar-refractivity contribution is 0.104. The molecule has 1 aromatic heterocycles. The maximum absolute atomic E-state index is 12.7. The highest BCUT2D eigenvalue weighted by Crippen LogP contribution is 2.43. The Bertz CT molecular complexity index is 1230. The van der Waals surface area contributed by atoms with E-state index in [0.29, 0.717) is 22.3 Å². The van der Waals surface area contributed by atoms with Gasteiger partial charge < -0.3 is 5.11 Å². The number of carbonyl (C=O) groups is 2. The summed E-state index contributed by atoms with van der Waals surface area (Å²) in [6, 6.07) is 22.2. The second-order valence-electron chi connectivity index (χ2n) is 6.31. The zero-order valence-electron chi connectivity index (χ0n) is 13.6. The lowest BCUT2D eigenvalue weighted by Crippen LogP contribution is -2.09. The van der Waals surface area contributed by atoms with Crippen molar-refractivity contribution in [3.63, 3.8) is 0 Å². The van der Waals surface area contributed by atoms with Gasteiger partial charge in [-0.25, -0.2) is 9.36 Å². The number of fused-ring (bicyclic) bond motifs is 4. The summed E-state index contributed by atoms with van der Waals surface area (Å²) < 4.78 is 1.29. The summed E-state index contributed by atoms with van der Waals surface area (Å²) in [5, 5.41) is 10.7. The van der Waals surface area contributed by atoms with Crippen molar-refractivity contribution in [2.45, 2.75) is 0 Å². The van der Waals surface area contributed by atoms with Crippen molar-refractivity contribution < 1.29 is 14.7 Å². The van der Waals surface area contributed by atoms with Crippen LogP contribution in [0.15, 0.2) is 72.8 Å². The molecule has 0 fully saturated rings. The van der Waals surface area contributed by atoms with Crippen LogP contribution in [0.2, 0.25) is 0 Å². The van der Waals surface area contributed by atoms with E-state index in [4.69, 9.17) is 0 Å². The molecule has 0 saturated heterocycles. The van der Waals surface area contributed by atoms with Crippen LogP contribution >= 0.6 is 0 Å². The Labute approximate surface area is 148 Å². The van der Waals surface area contributed by atoms with E-state index in [1.165, 1.54) is 4.57 Å². The molecule has 0 saturated carbocycles. The maximum atomic E-state index is 12.7. The molecule has 1 N–H and O–H groups in total. The van der Waals surface area contributed by atoms with E-state index in [9.17, 15) is 14.7 Å². The first-order chi connectivity index (χ1) is 12.7. The summed E-state index contributed by atoms with van der Waals surface area (Å²) in [7, 11) is 0. The SMILES string of the molecule is O=C1c2ccccc2-c2c1cccc2-c1cc2ccccc2n1C(=O)O. The standard InChI is InChI=1S/C22H13NO3/c24-21-15-8-3-2-7-14(15)20-16(9-5-10-17(20)21)19-12-13-6-1-4-11-18(13)23(19)22(25)26/h1-12H,(H,25,26). The van der Waals surface area contributed by atoms with Crippen LogP contribution in [-0.4, -0.2) is 21.6 Å². The van der Waals surface area contributed by atoms with E-state index in [-0.39, 0.29) is 5.78 Å². The summed E-state index contributed by atoms with van der Waals surface area (Å²) in [5.41, 5.74) is 4.88. The molecule has 4 aromatic rings. The highest BCUT2D eigenvalue weighted by Gasteiger charge is 2.30. The molecule has 1 aliphatic rings. The molecule has 0 bridgehead atoms. The van der Waals surface area contributed by atoms with Gasteiger partial charge >= 0.3 is 6.09 Å². The number of carbonyl (C=O) groups excluding carboxylic acids is 1. The van der Waals surface area contributed by atoms with Crippen molar-refractivity contribution in [2.75, 3.05) is 0 Å². The van der Waals surface area contributed by atoms with Gasteiger partial charge in [0.15, 0.2) is 5.78 Å². The lowest BCUT2D eigenvalue weighted by Gasteiger charge is -2.11. The van der Waals surface area contributed by atoms with Crippen LogP contribution in [0.1, 0.15) is 15.9 Å². The Morgan fingerprint density at radius 2 is 1.42 bits per heavy atom. The molecule has 3 aromatic carbocycles. The van der Waals surface area contributed by atoms with Crippen molar-refractivity contribution >= 4 is 22.8 Å². The Hall–Kier alpha value is -3.66. The quantitative estimate of drug-likeness (QED) is 0.465. The Morgan fingerprint density at radius 3 is 2.23 bits per heavy atom. The van der Waals surface area contributed by atoms with Gasteiger partial charge in [-0.05, 0) is 17.7 Å². The van der Waals surface area contributed by atoms with Crippen LogP contribution in [0.4, 0.5) is 4.79 Å². The van der Waals surface area contributed by atoms with Crippen LogP contribution in [0.25, 0.3) is 33.3 Å². The van der Waals surface area contributed by atoms with Gasteiger partial charge in [0.1, 0.15) is 0 Å². The monoisotopic (exact) mass is 339 g/mol. The van der Waals surface area contributed by atoms with Crippen LogP contribution in [0.5, 0.6) is 0 Å². The zero-order chi connectivity index (χ0) is 17.8. The topological polar surface area (TPSA) is 59.3 Å². The number of hydrogen-bond donors (Lipinski definition) is 1. The minimum Gasteiger partial charge on any atom is -0.464 e. The minimum absolute atomic E-state index is 0.0181. The van der Waals surface area contributed by atoms with Gasteiger partial charge in [0.2, 0.25) is 0 Å². The van der Waals surface area contributed by atoms with E-state index in [2.05, 4.69) is 0 Å².